The number of hydrogen-bond donors (Lipinski definition) is 1. The molecule has 1 aliphatic carbocycles. The highest BCUT2D eigenvalue weighted by atomic mass is 16.5. The second-order valence-electron chi connectivity index (χ2n) is 5.47. The molecule has 1 aromatic heterocycles. The highest BCUT2D eigenvalue weighted by Gasteiger charge is 2.18. The Morgan fingerprint density at radius 2 is 2.32 bits per heavy atom. The Bertz CT molecular complexity index is 442. The standard InChI is InChI=1S/C16H24N2O/c1-4-19-16-15(6-5-7-17-16)18-11-14-9-12(2)8-13(3)10-14/h5-8,12,14,18H,4,9-11H2,1-3H3. The van der Waals surface area contributed by atoms with Crippen molar-refractivity contribution < 1.29 is 4.74 Å². The molecule has 0 saturated heterocycles. The first-order chi connectivity index (χ1) is 9.19. The van der Waals surface area contributed by atoms with Crippen LogP contribution in [-0.4, -0.2) is 18.1 Å². The first-order valence-electron chi connectivity index (χ1n) is 7.18. The molecule has 3 heteroatoms. The van der Waals surface area contributed by atoms with E-state index in [-0.39, 0.29) is 0 Å². The van der Waals surface area contributed by atoms with Crippen molar-refractivity contribution in [2.45, 2.75) is 33.6 Å². The summed E-state index contributed by atoms with van der Waals surface area (Å²) >= 11 is 0. The summed E-state index contributed by atoms with van der Waals surface area (Å²) in [5.41, 5.74) is 2.52. The van der Waals surface area contributed by atoms with Gasteiger partial charge in [0.05, 0.1) is 12.3 Å². The zero-order valence-corrected chi connectivity index (χ0v) is 12.1. The van der Waals surface area contributed by atoms with Crippen molar-refractivity contribution >= 4 is 5.69 Å². The van der Waals surface area contributed by atoms with Gasteiger partial charge in [-0.05, 0) is 50.7 Å². The zero-order chi connectivity index (χ0) is 13.7. The Kier molecular flexibility index (Phi) is 4.83. The molecule has 1 aromatic rings. The van der Waals surface area contributed by atoms with Crippen LogP contribution in [0.5, 0.6) is 5.88 Å². The average molecular weight is 260 g/mol. The molecule has 0 amide bonds. The van der Waals surface area contributed by atoms with Crippen molar-refractivity contribution in [2.24, 2.45) is 11.8 Å². The predicted octanol–water partition coefficient (Wildman–Crippen LogP) is 3.88. The van der Waals surface area contributed by atoms with Crippen LogP contribution in [0.1, 0.15) is 33.6 Å². The first-order valence-corrected chi connectivity index (χ1v) is 7.18. The summed E-state index contributed by atoms with van der Waals surface area (Å²) in [6.45, 7) is 8.15. The molecule has 0 bridgehead atoms. The minimum absolute atomic E-state index is 0.647. The summed E-state index contributed by atoms with van der Waals surface area (Å²) in [6.07, 6.45) is 6.62. The van der Waals surface area contributed by atoms with Gasteiger partial charge in [0.2, 0.25) is 5.88 Å². The SMILES string of the molecule is CCOc1ncccc1NCC1CC(C)=CC(C)C1. The summed E-state index contributed by atoms with van der Waals surface area (Å²) in [5, 5.41) is 3.49. The van der Waals surface area contributed by atoms with E-state index >= 15 is 0 Å². The van der Waals surface area contributed by atoms with Crippen molar-refractivity contribution in [3.8, 4) is 5.88 Å². The molecule has 1 aliphatic rings. The van der Waals surface area contributed by atoms with Crippen molar-refractivity contribution in [2.75, 3.05) is 18.5 Å². The highest BCUT2D eigenvalue weighted by Crippen LogP contribution is 2.29. The van der Waals surface area contributed by atoms with Crippen LogP contribution in [0, 0.1) is 11.8 Å². The lowest BCUT2D eigenvalue weighted by Crippen LogP contribution is -2.20. The van der Waals surface area contributed by atoms with E-state index in [9.17, 15) is 0 Å². The number of nitrogens with one attached hydrogen (secondary N) is 1. The third kappa shape index (κ3) is 3.98. The van der Waals surface area contributed by atoms with Gasteiger partial charge in [0.1, 0.15) is 0 Å². The van der Waals surface area contributed by atoms with Crippen molar-refractivity contribution in [1.82, 2.24) is 4.98 Å². The van der Waals surface area contributed by atoms with E-state index in [1.54, 1.807) is 6.20 Å². The van der Waals surface area contributed by atoms with Gasteiger partial charge >= 0.3 is 0 Å². The van der Waals surface area contributed by atoms with Gasteiger partial charge in [-0.3, -0.25) is 0 Å². The van der Waals surface area contributed by atoms with E-state index < -0.39 is 0 Å². The molecule has 0 saturated carbocycles. The van der Waals surface area contributed by atoms with Crippen LogP contribution >= 0.6 is 0 Å². The minimum atomic E-state index is 0.647. The number of pyridine rings is 1. The largest absolute Gasteiger partial charge is 0.476 e. The van der Waals surface area contributed by atoms with Crippen LogP contribution in [0.3, 0.4) is 0 Å². The van der Waals surface area contributed by atoms with Gasteiger partial charge in [0.25, 0.3) is 0 Å². The lowest BCUT2D eigenvalue weighted by atomic mass is 9.84. The maximum atomic E-state index is 5.53. The quantitative estimate of drug-likeness (QED) is 0.816. The number of aromatic nitrogens is 1. The third-order valence-electron chi connectivity index (χ3n) is 3.52. The number of anilines is 1. The average Bonchev–Trinajstić information content (AvgIpc) is 2.37. The molecule has 2 rings (SSSR count). The van der Waals surface area contributed by atoms with Crippen molar-refractivity contribution in [3.63, 3.8) is 0 Å². The molecule has 0 radical (unpaired) electrons. The predicted molar refractivity (Wildman–Crippen MR) is 79.5 cm³/mol. The van der Waals surface area contributed by atoms with Gasteiger partial charge in [-0.15, -0.1) is 0 Å². The fourth-order valence-corrected chi connectivity index (χ4v) is 2.87. The summed E-state index contributed by atoms with van der Waals surface area (Å²) in [7, 11) is 0. The lowest BCUT2D eigenvalue weighted by Gasteiger charge is -2.26. The maximum absolute atomic E-state index is 5.53. The van der Waals surface area contributed by atoms with Gasteiger partial charge in [0, 0.05) is 12.7 Å². The van der Waals surface area contributed by atoms with E-state index in [4.69, 9.17) is 4.74 Å². The van der Waals surface area contributed by atoms with E-state index in [2.05, 4.69) is 30.2 Å². The van der Waals surface area contributed by atoms with Gasteiger partial charge in [-0.1, -0.05) is 18.6 Å². The van der Waals surface area contributed by atoms with Crippen LogP contribution in [0.4, 0.5) is 5.69 Å². The lowest BCUT2D eigenvalue weighted by molar-refractivity contribution is 0.328. The second kappa shape index (κ2) is 6.60. The summed E-state index contributed by atoms with van der Waals surface area (Å²) in [4.78, 5) is 4.27. The number of ether oxygens (including phenoxy) is 1. The topological polar surface area (TPSA) is 34.1 Å². The first kappa shape index (κ1) is 13.9. The Morgan fingerprint density at radius 3 is 3.05 bits per heavy atom. The fourth-order valence-electron chi connectivity index (χ4n) is 2.87. The molecule has 104 valence electrons. The maximum Gasteiger partial charge on any atom is 0.237 e. The molecule has 0 aromatic carbocycles. The number of allylic oxidation sites excluding steroid dienone is 2. The zero-order valence-electron chi connectivity index (χ0n) is 12.1. The Balaban J connectivity index is 1.94. The van der Waals surface area contributed by atoms with Gasteiger partial charge < -0.3 is 10.1 Å². The van der Waals surface area contributed by atoms with E-state index in [1.807, 2.05) is 19.1 Å². The molecular formula is C16H24N2O. The van der Waals surface area contributed by atoms with Gasteiger partial charge in [-0.25, -0.2) is 4.98 Å². The Labute approximate surface area is 116 Å². The Morgan fingerprint density at radius 1 is 1.47 bits per heavy atom. The van der Waals surface area contributed by atoms with Crippen molar-refractivity contribution in [3.05, 3.63) is 30.0 Å². The normalized spacial score (nSPS) is 22.8. The molecule has 1 heterocycles. The van der Waals surface area contributed by atoms with E-state index in [0.717, 1.165) is 12.2 Å². The summed E-state index contributed by atoms with van der Waals surface area (Å²) < 4.78 is 5.53. The molecule has 2 atom stereocenters. The monoisotopic (exact) mass is 260 g/mol. The fraction of sp³-hybridized carbons (Fsp3) is 0.562. The van der Waals surface area contributed by atoms with Crippen LogP contribution in [0.25, 0.3) is 0 Å². The summed E-state index contributed by atoms with van der Waals surface area (Å²) in [5.74, 6) is 2.11. The summed E-state index contributed by atoms with van der Waals surface area (Å²) in [6, 6.07) is 3.98. The van der Waals surface area contributed by atoms with Crippen LogP contribution < -0.4 is 10.1 Å². The van der Waals surface area contributed by atoms with Gasteiger partial charge in [-0.2, -0.15) is 0 Å². The number of rotatable bonds is 5. The van der Waals surface area contributed by atoms with Crippen molar-refractivity contribution in [1.29, 1.82) is 0 Å². The second-order valence-corrected chi connectivity index (χ2v) is 5.47. The molecule has 0 spiro atoms. The molecule has 2 unspecified atom stereocenters. The third-order valence-corrected chi connectivity index (χ3v) is 3.52. The number of nitrogens with zero attached hydrogens (tertiary/aromatic N) is 1. The van der Waals surface area contributed by atoms with Crippen LogP contribution in [0.15, 0.2) is 30.0 Å². The minimum Gasteiger partial charge on any atom is -0.476 e. The van der Waals surface area contributed by atoms with Crippen LogP contribution in [-0.2, 0) is 0 Å². The highest BCUT2D eigenvalue weighted by molar-refractivity contribution is 5.52. The number of hydrogen-bond acceptors (Lipinski definition) is 3. The molecular weight excluding hydrogens is 236 g/mol. The molecule has 19 heavy (non-hydrogen) atoms. The molecule has 1 N–H and O–H groups in total. The Hall–Kier alpha value is -1.51. The van der Waals surface area contributed by atoms with E-state index in [1.165, 1.54) is 18.4 Å². The molecule has 0 fully saturated rings. The molecule has 0 aliphatic heterocycles. The molecule has 3 nitrogen and oxygen atoms in total. The van der Waals surface area contributed by atoms with Gasteiger partial charge in [0.15, 0.2) is 0 Å². The van der Waals surface area contributed by atoms with E-state index in [0.29, 0.717) is 24.3 Å². The van der Waals surface area contributed by atoms with Crippen LogP contribution in [0.2, 0.25) is 0 Å². The smallest absolute Gasteiger partial charge is 0.237 e.